The van der Waals surface area contributed by atoms with Gasteiger partial charge in [0.1, 0.15) is 0 Å². The Morgan fingerprint density at radius 3 is 2.31 bits per heavy atom. The number of amides is 1. The lowest BCUT2D eigenvalue weighted by molar-refractivity contribution is 0.0925. The first-order chi connectivity index (χ1) is 11.8. The number of halogens is 1. The number of rotatable bonds is 6. The zero-order chi connectivity index (χ0) is 18.6. The summed E-state index contributed by atoms with van der Waals surface area (Å²) in [6.07, 6.45) is 3.54. The third-order valence-electron chi connectivity index (χ3n) is 4.88. The van der Waals surface area contributed by atoms with Gasteiger partial charge in [0.15, 0.2) is 0 Å². The molecule has 1 saturated carbocycles. The summed E-state index contributed by atoms with van der Waals surface area (Å²) < 4.78 is 27.0. The Hall–Kier alpha value is -1.15. The maximum absolute atomic E-state index is 12.8. The van der Waals surface area contributed by atoms with Gasteiger partial charge >= 0.3 is 0 Å². The molecule has 26 heavy (non-hydrogen) atoms. The first-order valence-corrected chi connectivity index (χ1v) is 10.4. The smallest absolute Gasteiger partial charge is 0.251 e. The lowest BCUT2D eigenvalue weighted by atomic mass is 9.91. The third kappa shape index (κ3) is 5.19. The standard InChI is InChI=1S/C18H29N3O3S.ClH/c1-4-21(5-2)25(23,24)17-12-14(7-6-13(17)3)18(22)20-16-10-8-15(19)9-11-16;/h6-7,12,15-16H,4-5,8-11,19H2,1-3H3,(H,20,22);1H. The highest BCUT2D eigenvalue weighted by molar-refractivity contribution is 7.89. The van der Waals surface area contributed by atoms with E-state index in [1.54, 1.807) is 32.9 Å². The minimum Gasteiger partial charge on any atom is -0.349 e. The number of carbonyl (C=O) groups excluding carboxylic acids is 1. The number of sulfonamides is 1. The molecule has 6 nitrogen and oxygen atoms in total. The van der Waals surface area contributed by atoms with Crippen LogP contribution in [0.4, 0.5) is 0 Å². The minimum absolute atomic E-state index is 0. The number of nitrogens with two attached hydrogens (primary N) is 1. The van der Waals surface area contributed by atoms with Crippen molar-refractivity contribution in [1.82, 2.24) is 9.62 Å². The quantitative estimate of drug-likeness (QED) is 0.762. The SMILES string of the molecule is CCN(CC)S(=O)(=O)c1cc(C(=O)NC2CCC(N)CC2)ccc1C.Cl. The second-order valence-corrected chi connectivity index (χ2v) is 8.56. The Morgan fingerprint density at radius 2 is 1.77 bits per heavy atom. The maximum atomic E-state index is 12.8. The van der Waals surface area contributed by atoms with E-state index in [4.69, 9.17) is 5.73 Å². The molecule has 0 aliphatic heterocycles. The van der Waals surface area contributed by atoms with Crippen LogP contribution >= 0.6 is 12.4 Å². The molecule has 1 aliphatic carbocycles. The monoisotopic (exact) mass is 403 g/mol. The summed E-state index contributed by atoms with van der Waals surface area (Å²) in [5, 5.41) is 3.01. The van der Waals surface area contributed by atoms with Crippen molar-refractivity contribution < 1.29 is 13.2 Å². The topological polar surface area (TPSA) is 92.5 Å². The van der Waals surface area contributed by atoms with Gasteiger partial charge in [-0.1, -0.05) is 19.9 Å². The Morgan fingerprint density at radius 1 is 1.19 bits per heavy atom. The number of aryl methyl sites for hydroxylation is 1. The van der Waals surface area contributed by atoms with Gasteiger partial charge < -0.3 is 11.1 Å². The molecule has 0 aromatic heterocycles. The van der Waals surface area contributed by atoms with E-state index in [0.29, 0.717) is 24.2 Å². The summed E-state index contributed by atoms with van der Waals surface area (Å²) in [6.45, 7) is 6.16. The van der Waals surface area contributed by atoms with E-state index in [2.05, 4.69) is 5.32 Å². The number of hydrogen-bond acceptors (Lipinski definition) is 4. The van der Waals surface area contributed by atoms with Gasteiger partial charge in [-0.05, 0) is 50.3 Å². The van der Waals surface area contributed by atoms with E-state index < -0.39 is 10.0 Å². The number of carbonyl (C=O) groups is 1. The van der Waals surface area contributed by atoms with Crippen LogP contribution in [-0.2, 0) is 10.0 Å². The third-order valence-corrected chi connectivity index (χ3v) is 7.07. The fourth-order valence-electron chi connectivity index (χ4n) is 3.25. The summed E-state index contributed by atoms with van der Waals surface area (Å²) in [6, 6.07) is 5.20. The second kappa shape index (κ2) is 9.69. The Balaban J connectivity index is 0.00000338. The molecule has 0 radical (unpaired) electrons. The highest BCUT2D eigenvalue weighted by Gasteiger charge is 2.26. The molecule has 0 atom stereocenters. The van der Waals surface area contributed by atoms with Crippen LogP contribution in [0, 0.1) is 6.92 Å². The summed E-state index contributed by atoms with van der Waals surface area (Å²) in [4.78, 5) is 12.7. The van der Waals surface area contributed by atoms with Crippen LogP contribution in [0.5, 0.6) is 0 Å². The highest BCUT2D eigenvalue weighted by Crippen LogP contribution is 2.22. The maximum Gasteiger partial charge on any atom is 0.251 e. The first kappa shape index (κ1) is 22.9. The van der Waals surface area contributed by atoms with Crippen molar-refractivity contribution in [3.63, 3.8) is 0 Å². The van der Waals surface area contributed by atoms with Crippen LogP contribution in [-0.4, -0.2) is 43.8 Å². The Bertz CT molecular complexity index is 712. The van der Waals surface area contributed by atoms with Crippen molar-refractivity contribution in [3.8, 4) is 0 Å². The van der Waals surface area contributed by atoms with Crippen molar-refractivity contribution in [2.45, 2.75) is 63.4 Å². The van der Waals surface area contributed by atoms with E-state index in [0.717, 1.165) is 25.7 Å². The second-order valence-electron chi connectivity index (χ2n) is 6.65. The molecule has 0 spiro atoms. The zero-order valence-electron chi connectivity index (χ0n) is 15.7. The van der Waals surface area contributed by atoms with Gasteiger partial charge in [0.2, 0.25) is 10.0 Å². The van der Waals surface area contributed by atoms with Crippen molar-refractivity contribution >= 4 is 28.3 Å². The molecule has 148 valence electrons. The van der Waals surface area contributed by atoms with E-state index in [-0.39, 0.29) is 35.3 Å². The largest absolute Gasteiger partial charge is 0.349 e. The Kier molecular flexibility index (Phi) is 8.53. The molecule has 1 amide bonds. The van der Waals surface area contributed by atoms with E-state index in [9.17, 15) is 13.2 Å². The van der Waals surface area contributed by atoms with Gasteiger partial charge in [-0.2, -0.15) is 4.31 Å². The zero-order valence-corrected chi connectivity index (χ0v) is 17.3. The molecule has 0 unspecified atom stereocenters. The molecule has 2 rings (SSSR count). The van der Waals surface area contributed by atoms with Gasteiger partial charge in [-0.15, -0.1) is 12.4 Å². The van der Waals surface area contributed by atoms with Crippen molar-refractivity contribution in [2.75, 3.05) is 13.1 Å². The molecule has 8 heteroatoms. The lowest BCUT2D eigenvalue weighted by Gasteiger charge is -2.27. The summed E-state index contributed by atoms with van der Waals surface area (Å²) in [5.74, 6) is -0.225. The van der Waals surface area contributed by atoms with Crippen molar-refractivity contribution in [1.29, 1.82) is 0 Å². The van der Waals surface area contributed by atoms with Crippen LogP contribution in [0.25, 0.3) is 0 Å². The predicted octanol–water partition coefficient (Wildman–Crippen LogP) is 2.45. The lowest BCUT2D eigenvalue weighted by Crippen LogP contribution is -2.40. The van der Waals surface area contributed by atoms with Gasteiger partial charge in [0.05, 0.1) is 4.90 Å². The predicted molar refractivity (Wildman–Crippen MR) is 106 cm³/mol. The molecule has 3 N–H and O–H groups in total. The van der Waals surface area contributed by atoms with Crippen molar-refractivity contribution in [2.24, 2.45) is 5.73 Å². The molecule has 0 saturated heterocycles. The van der Waals surface area contributed by atoms with Crippen LogP contribution in [0.3, 0.4) is 0 Å². The average molecular weight is 404 g/mol. The van der Waals surface area contributed by atoms with Crippen LogP contribution in [0.2, 0.25) is 0 Å². The van der Waals surface area contributed by atoms with Gasteiger partial charge in [-0.25, -0.2) is 8.42 Å². The Labute approximate surface area is 163 Å². The molecular weight excluding hydrogens is 374 g/mol. The highest BCUT2D eigenvalue weighted by atomic mass is 35.5. The molecule has 1 aliphatic rings. The van der Waals surface area contributed by atoms with E-state index in [1.165, 1.54) is 10.4 Å². The van der Waals surface area contributed by atoms with Crippen LogP contribution in [0.15, 0.2) is 23.1 Å². The first-order valence-electron chi connectivity index (χ1n) is 8.96. The van der Waals surface area contributed by atoms with Crippen LogP contribution < -0.4 is 11.1 Å². The fraction of sp³-hybridized carbons (Fsp3) is 0.611. The van der Waals surface area contributed by atoms with Crippen molar-refractivity contribution in [3.05, 3.63) is 29.3 Å². The minimum atomic E-state index is -3.59. The van der Waals surface area contributed by atoms with E-state index >= 15 is 0 Å². The van der Waals surface area contributed by atoms with Gasteiger partial charge in [-0.3, -0.25) is 4.79 Å². The summed E-state index contributed by atoms with van der Waals surface area (Å²) in [7, 11) is -3.59. The number of nitrogens with one attached hydrogen (secondary N) is 1. The molecule has 1 aromatic rings. The normalized spacial score (nSPS) is 20.5. The molecule has 1 aromatic carbocycles. The van der Waals surface area contributed by atoms with Gasteiger partial charge in [0.25, 0.3) is 5.91 Å². The summed E-state index contributed by atoms with van der Waals surface area (Å²) in [5.41, 5.74) is 6.92. The van der Waals surface area contributed by atoms with Gasteiger partial charge in [0, 0.05) is 30.7 Å². The fourth-order valence-corrected chi connectivity index (χ4v) is 4.96. The molecule has 1 fully saturated rings. The number of hydrogen-bond donors (Lipinski definition) is 2. The molecular formula is C18H30ClN3O3S. The number of nitrogens with zero attached hydrogens (tertiary/aromatic N) is 1. The van der Waals surface area contributed by atoms with Crippen LogP contribution in [0.1, 0.15) is 55.5 Å². The molecule has 0 heterocycles. The molecule has 0 bridgehead atoms. The average Bonchev–Trinajstić information content (AvgIpc) is 2.58. The van der Waals surface area contributed by atoms with E-state index in [1.807, 2.05) is 0 Å². The number of benzene rings is 1. The summed E-state index contributed by atoms with van der Waals surface area (Å²) >= 11 is 0.